The molecule has 1 aliphatic rings. The molecule has 0 spiro atoms. The van der Waals surface area contributed by atoms with E-state index in [1.165, 1.54) is 0 Å². The molecule has 0 aromatic rings. The maximum atomic E-state index is 11.3. The number of carbonyl (C=O) groups is 1. The van der Waals surface area contributed by atoms with Crippen LogP contribution >= 0.6 is 0 Å². The summed E-state index contributed by atoms with van der Waals surface area (Å²) < 4.78 is 0. The lowest BCUT2D eigenvalue weighted by molar-refractivity contribution is -0.122. The number of rotatable bonds is 2. The lowest BCUT2D eigenvalue weighted by atomic mass is 9.75. The largest absolute Gasteiger partial charge is 0.300 e. The van der Waals surface area contributed by atoms with Crippen LogP contribution in [0.3, 0.4) is 0 Å². The number of allylic oxidation sites excluding steroid dienone is 3. The van der Waals surface area contributed by atoms with Gasteiger partial charge in [0, 0.05) is 12.8 Å². The highest BCUT2D eigenvalue weighted by Crippen LogP contribution is 2.35. The Labute approximate surface area is 80.5 Å². The third kappa shape index (κ3) is 3.17. The van der Waals surface area contributed by atoms with E-state index < -0.39 is 0 Å². The lowest BCUT2D eigenvalue weighted by Crippen LogP contribution is -2.23. The average molecular weight is 178 g/mol. The predicted octanol–water partition coefficient (Wildman–Crippen LogP) is 3.27. The van der Waals surface area contributed by atoms with Crippen LogP contribution in [0.4, 0.5) is 0 Å². The van der Waals surface area contributed by atoms with Crippen molar-refractivity contribution in [3.05, 3.63) is 24.3 Å². The van der Waals surface area contributed by atoms with Crippen molar-refractivity contribution in [2.75, 3.05) is 0 Å². The average Bonchev–Trinajstić information content (AvgIpc) is 2.01. The molecule has 1 nitrogen and oxygen atoms in total. The van der Waals surface area contributed by atoms with Gasteiger partial charge in [0.2, 0.25) is 0 Å². The van der Waals surface area contributed by atoms with Gasteiger partial charge in [-0.15, -0.1) is 0 Å². The van der Waals surface area contributed by atoms with E-state index in [9.17, 15) is 4.79 Å². The number of carbonyl (C=O) groups excluding carboxylic acids is 1. The van der Waals surface area contributed by atoms with E-state index in [-0.39, 0.29) is 5.41 Å². The van der Waals surface area contributed by atoms with Gasteiger partial charge in [-0.2, -0.15) is 0 Å². The molecule has 0 radical (unpaired) electrons. The van der Waals surface area contributed by atoms with E-state index in [0.717, 1.165) is 24.8 Å². The Morgan fingerprint density at radius 3 is 2.85 bits per heavy atom. The van der Waals surface area contributed by atoms with Crippen molar-refractivity contribution in [3.8, 4) is 0 Å². The molecular weight excluding hydrogens is 160 g/mol. The first-order valence-electron chi connectivity index (χ1n) is 4.88. The fourth-order valence-electron chi connectivity index (χ4n) is 1.80. The van der Waals surface area contributed by atoms with E-state index in [2.05, 4.69) is 19.6 Å². The maximum Gasteiger partial charge on any atom is 0.133 e. The van der Waals surface area contributed by atoms with Gasteiger partial charge in [0.15, 0.2) is 0 Å². The van der Waals surface area contributed by atoms with Crippen LogP contribution in [0.15, 0.2) is 24.3 Å². The van der Waals surface area contributed by atoms with Crippen molar-refractivity contribution in [3.63, 3.8) is 0 Å². The molecule has 1 aliphatic carbocycles. The quantitative estimate of drug-likeness (QED) is 0.593. The van der Waals surface area contributed by atoms with Crippen LogP contribution < -0.4 is 0 Å². The fourth-order valence-corrected chi connectivity index (χ4v) is 1.80. The van der Waals surface area contributed by atoms with Gasteiger partial charge in [0.25, 0.3) is 0 Å². The summed E-state index contributed by atoms with van der Waals surface area (Å²) in [6.07, 6.45) is 7.82. The molecule has 0 aromatic carbocycles. The van der Waals surface area contributed by atoms with Crippen molar-refractivity contribution < 1.29 is 4.79 Å². The summed E-state index contributed by atoms with van der Waals surface area (Å²) >= 11 is 0. The summed E-state index contributed by atoms with van der Waals surface area (Å²) in [4.78, 5) is 11.3. The summed E-state index contributed by atoms with van der Waals surface area (Å²) in [5.41, 5.74) is 1.15. The van der Waals surface area contributed by atoms with E-state index >= 15 is 0 Å². The molecule has 1 heteroatoms. The molecule has 0 bridgehead atoms. The first-order chi connectivity index (χ1) is 6.02. The zero-order valence-corrected chi connectivity index (χ0v) is 8.60. The van der Waals surface area contributed by atoms with Crippen LogP contribution in [0.2, 0.25) is 0 Å². The second-order valence-electron chi connectivity index (χ2n) is 4.40. The summed E-state index contributed by atoms with van der Waals surface area (Å²) in [6, 6.07) is 0. The first-order valence-corrected chi connectivity index (χ1v) is 4.88. The van der Waals surface area contributed by atoms with Crippen LogP contribution in [-0.2, 0) is 4.79 Å². The Balaban J connectivity index is 2.64. The third-order valence-corrected chi connectivity index (χ3v) is 2.57. The van der Waals surface area contributed by atoms with Gasteiger partial charge >= 0.3 is 0 Å². The van der Waals surface area contributed by atoms with E-state index in [0.29, 0.717) is 12.2 Å². The highest BCUT2D eigenvalue weighted by atomic mass is 16.1. The minimum absolute atomic E-state index is 0.0916. The molecule has 0 unspecified atom stereocenters. The molecule has 13 heavy (non-hydrogen) atoms. The molecule has 0 heterocycles. The van der Waals surface area contributed by atoms with Gasteiger partial charge in [-0.1, -0.05) is 31.2 Å². The second kappa shape index (κ2) is 3.91. The van der Waals surface area contributed by atoms with Crippen molar-refractivity contribution in [1.82, 2.24) is 0 Å². The molecule has 0 amide bonds. The zero-order chi connectivity index (χ0) is 9.90. The van der Waals surface area contributed by atoms with Gasteiger partial charge in [0.1, 0.15) is 5.78 Å². The zero-order valence-electron chi connectivity index (χ0n) is 8.60. The van der Waals surface area contributed by atoms with E-state index in [4.69, 9.17) is 0 Å². The van der Waals surface area contributed by atoms with Crippen molar-refractivity contribution >= 4 is 5.78 Å². The molecule has 1 saturated carbocycles. The molecule has 1 atom stereocenters. The minimum atomic E-state index is 0.0916. The van der Waals surface area contributed by atoms with Crippen molar-refractivity contribution in [1.29, 1.82) is 0 Å². The Kier molecular flexibility index (Phi) is 3.07. The van der Waals surface area contributed by atoms with E-state index in [1.54, 1.807) is 0 Å². The topological polar surface area (TPSA) is 17.1 Å². The predicted molar refractivity (Wildman–Crippen MR) is 55.5 cm³/mol. The molecule has 1 rings (SSSR count). The van der Waals surface area contributed by atoms with Crippen molar-refractivity contribution in [2.24, 2.45) is 5.41 Å². The smallest absolute Gasteiger partial charge is 0.133 e. The first kappa shape index (κ1) is 10.2. The van der Waals surface area contributed by atoms with Crippen LogP contribution in [-0.4, -0.2) is 5.78 Å². The number of hydrogen-bond donors (Lipinski definition) is 0. The summed E-state index contributed by atoms with van der Waals surface area (Å²) in [5, 5.41) is 0. The lowest BCUT2D eigenvalue weighted by Gasteiger charge is -2.29. The highest BCUT2D eigenvalue weighted by molar-refractivity contribution is 5.80. The normalized spacial score (nSPS) is 29.5. The molecular formula is C12H18O. The molecule has 72 valence electrons. The van der Waals surface area contributed by atoms with Crippen LogP contribution in [0.1, 0.15) is 39.5 Å². The molecule has 0 saturated heterocycles. The Bertz CT molecular complexity index is 250. The van der Waals surface area contributed by atoms with Crippen LogP contribution in [0.25, 0.3) is 0 Å². The molecule has 1 fully saturated rings. The van der Waals surface area contributed by atoms with Gasteiger partial charge in [-0.25, -0.2) is 0 Å². The monoisotopic (exact) mass is 178 g/mol. The maximum absolute atomic E-state index is 11.3. The molecule has 0 aromatic heterocycles. The number of ketones is 1. The van der Waals surface area contributed by atoms with Gasteiger partial charge < -0.3 is 0 Å². The Morgan fingerprint density at radius 2 is 2.31 bits per heavy atom. The molecule has 0 N–H and O–H groups in total. The van der Waals surface area contributed by atoms with Crippen LogP contribution in [0.5, 0.6) is 0 Å². The SMILES string of the molecule is C=C(C)/C=C/[C@@]1(C)CCCC(=O)C1. The Morgan fingerprint density at radius 1 is 1.62 bits per heavy atom. The standard InChI is InChI=1S/C12H18O/c1-10(2)6-8-12(3)7-4-5-11(13)9-12/h6,8H,1,4-5,7,9H2,2-3H3/b8-6+/t12-/m1/s1. The highest BCUT2D eigenvalue weighted by Gasteiger charge is 2.28. The molecule has 0 aliphatic heterocycles. The van der Waals surface area contributed by atoms with E-state index in [1.807, 2.05) is 13.0 Å². The number of Topliss-reactive ketones (excluding diaryl/α,β-unsaturated/α-hetero) is 1. The summed E-state index contributed by atoms with van der Waals surface area (Å²) in [6.45, 7) is 7.95. The Hall–Kier alpha value is -0.850. The number of hydrogen-bond acceptors (Lipinski definition) is 1. The summed E-state index contributed by atoms with van der Waals surface area (Å²) in [7, 11) is 0. The second-order valence-corrected chi connectivity index (χ2v) is 4.40. The minimum Gasteiger partial charge on any atom is -0.300 e. The third-order valence-electron chi connectivity index (χ3n) is 2.57. The van der Waals surface area contributed by atoms with Gasteiger partial charge in [-0.3, -0.25) is 4.79 Å². The van der Waals surface area contributed by atoms with Crippen LogP contribution in [0, 0.1) is 5.41 Å². The van der Waals surface area contributed by atoms with Gasteiger partial charge in [-0.05, 0) is 25.2 Å². The fraction of sp³-hybridized carbons (Fsp3) is 0.583. The van der Waals surface area contributed by atoms with Crippen molar-refractivity contribution in [2.45, 2.75) is 39.5 Å². The summed E-state index contributed by atoms with van der Waals surface area (Å²) in [5.74, 6) is 0.403. The van der Waals surface area contributed by atoms with Gasteiger partial charge in [0.05, 0.1) is 0 Å².